The average Bonchev–Trinajstić information content (AvgIpc) is 3.38. The van der Waals surface area contributed by atoms with Gasteiger partial charge in [-0.05, 0) is 49.7 Å². The Balaban J connectivity index is 1.81. The number of aliphatic imine (C=N–C) groups is 1. The molecule has 7 N–H and O–H groups in total. The number of halogens is 2. The Kier molecular flexibility index (Phi) is 9.37. The van der Waals surface area contributed by atoms with Gasteiger partial charge in [-0.25, -0.2) is 0 Å². The van der Waals surface area contributed by atoms with Gasteiger partial charge in [0, 0.05) is 31.3 Å². The minimum atomic E-state index is -1.33. The van der Waals surface area contributed by atoms with Crippen molar-refractivity contribution in [3.05, 3.63) is 65.2 Å². The van der Waals surface area contributed by atoms with Gasteiger partial charge in [0.15, 0.2) is 11.5 Å². The Hall–Kier alpha value is -4.98. The molecule has 222 valence electrons. The van der Waals surface area contributed by atoms with Gasteiger partial charge in [-0.2, -0.15) is 13.8 Å². The van der Waals surface area contributed by atoms with Crippen LogP contribution in [0.2, 0.25) is 0 Å². The third-order valence-electron chi connectivity index (χ3n) is 6.36. The third kappa shape index (κ3) is 6.83. The van der Waals surface area contributed by atoms with Crippen molar-refractivity contribution < 1.29 is 33.3 Å². The Labute approximate surface area is 240 Å². The smallest absolute Gasteiger partial charge is 0.323 e. The van der Waals surface area contributed by atoms with E-state index < -0.39 is 47.3 Å². The lowest BCUT2D eigenvalue weighted by molar-refractivity contribution is -0.135. The van der Waals surface area contributed by atoms with Crippen LogP contribution in [-0.2, 0) is 4.79 Å². The number of anilines is 1. The van der Waals surface area contributed by atoms with E-state index in [0.29, 0.717) is 37.3 Å². The number of benzene rings is 2. The molecule has 42 heavy (non-hydrogen) atoms. The number of nitrogens with two attached hydrogens (primary N) is 2. The molecule has 2 aromatic carbocycles. The van der Waals surface area contributed by atoms with Crippen molar-refractivity contribution in [3.63, 3.8) is 0 Å². The third-order valence-corrected chi connectivity index (χ3v) is 6.36. The Morgan fingerprint density at radius 1 is 1.14 bits per heavy atom. The minimum Gasteiger partial charge on any atom is -0.504 e. The summed E-state index contributed by atoms with van der Waals surface area (Å²) in [6.07, 6.45) is 0.824. The van der Waals surface area contributed by atoms with Gasteiger partial charge in [0.2, 0.25) is 11.6 Å². The number of nitrogens with one attached hydrogen (secondary N) is 1. The van der Waals surface area contributed by atoms with Gasteiger partial charge < -0.3 is 41.0 Å². The number of hydrogen-bond acceptors (Lipinski definition) is 10. The van der Waals surface area contributed by atoms with Crippen molar-refractivity contribution in [2.45, 2.75) is 12.8 Å². The quantitative estimate of drug-likeness (QED) is 0.114. The van der Waals surface area contributed by atoms with Gasteiger partial charge >= 0.3 is 5.97 Å². The monoisotopic (exact) mass is 583 g/mol. The molecule has 0 radical (unpaired) electrons. The van der Waals surface area contributed by atoms with E-state index in [-0.39, 0.29) is 29.4 Å². The molecule has 14 heteroatoms. The van der Waals surface area contributed by atoms with Crippen LogP contribution in [0.3, 0.4) is 0 Å². The van der Waals surface area contributed by atoms with Crippen LogP contribution in [0.25, 0.3) is 0 Å². The fourth-order valence-corrected chi connectivity index (χ4v) is 4.30. The molecule has 2 heterocycles. The molecular formula is C28H31F2N7O5. The summed E-state index contributed by atoms with van der Waals surface area (Å²) in [6, 6.07) is 10.4. The maximum Gasteiger partial charge on any atom is 0.323 e. The first-order chi connectivity index (χ1) is 20.1. The molecule has 1 aliphatic heterocycles. The summed E-state index contributed by atoms with van der Waals surface area (Å²) >= 11 is 0. The number of nitrogen functional groups attached to an aromatic ring is 1. The average molecular weight is 584 g/mol. The molecular weight excluding hydrogens is 552 g/mol. The SMILES string of the molecule is CN1CCN=C1c1cccc(Oc2nc(Oc3cc(C(=N)N)ccc3O)c(F)c(N(CCCCN)CC(=O)O)c2F)c1. The molecule has 0 unspecified atom stereocenters. The molecule has 0 fully saturated rings. The van der Waals surface area contributed by atoms with Crippen molar-refractivity contribution in [2.75, 3.05) is 44.7 Å². The number of nitrogens with zero attached hydrogens (tertiary/aromatic N) is 4. The number of hydrogen-bond donors (Lipinski definition) is 5. The summed E-state index contributed by atoms with van der Waals surface area (Å²) in [5, 5.41) is 27.5. The van der Waals surface area contributed by atoms with Gasteiger partial charge in [-0.15, -0.1) is 0 Å². The summed E-state index contributed by atoms with van der Waals surface area (Å²) < 4.78 is 43.3. The van der Waals surface area contributed by atoms with E-state index in [9.17, 15) is 15.0 Å². The maximum absolute atomic E-state index is 16.0. The van der Waals surface area contributed by atoms with Crippen LogP contribution >= 0.6 is 0 Å². The molecule has 12 nitrogen and oxygen atoms in total. The number of ether oxygens (including phenoxy) is 2. The summed E-state index contributed by atoms with van der Waals surface area (Å²) in [6.45, 7) is 0.866. The zero-order valence-electron chi connectivity index (χ0n) is 22.8. The number of amidine groups is 2. The normalized spacial score (nSPS) is 12.7. The highest BCUT2D eigenvalue weighted by molar-refractivity contribution is 6.00. The predicted molar refractivity (Wildman–Crippen MR) is 152 cm³/mol. The van der Waals surface area contributed by atoms with Gasteiger partial charge in [0.05, 0.1) is 6.54 Å². The second kappa shape index (κ2) is 13.1. The summed E-state index contributed by atoms with van der Waals surface area (Å²) in [5.41, 5.74) is 11.2. The molecule has 1 aromatic heterocycles. The van der Waals surface area contributed by atoms with E-state index in [1.54, 1.807) is 24.3 Å². The van der Waals surface area contributed by atoms with Crippen LogP contribution in [0.1, 0.15) is 24.0 Å². The fourth-order valence-electron chi connectivity index (χ4n) is 4.30. The highest BCUT2D eigenvalue weighted by Crippen LogP contribution is 2.40. The van der Waals surface area contributed by atoms with Gasteiger partial charge in [0.25, 0.3) is 11.8 Å². The summed E-state index contributed by atoms with van der Waals surface area (Å²) in [7, 11) is 1.88. The number of phenolic OH excluding ortho intramolecular Hbond substituents is 1. The number of aromatic hydroxyl groups is 1. The second-order valence-corrected chi connectivity index (χ2v) is 9.46. The van der Waals surface area contributed by atoms with Crippen molar-refractivity contribution >= 4 is 23.3 Å². The lowest BCUT2D eigenvalue weighted by Crippen LogP contribution is -2.33. The summed E-state index contributed by atoms with van der Waals surface area (Å²) in [5.74, 6) is -5.64. The first-order valence-electron chi connectivity index (χ1n) is 13.0. The molecule has 0 saturated carbocycles. The number of phenols is 1. The van der Waals surface area contributed by atoms with Crippen LogP contribution < -0.4 is 25.8 Å². The van der Waals surface area contributed by atoms with Crippen LogP contribution in [0.4, 0.5) is 14.5 Å². The molecule has 1 aliphatic rings. The second-order valence-electron chi connectivity index (χ2n) is 9.46. The van der Waals surface area contributed by atoms with E-state index in [4.69, 9.17) is 26.4 Å². The van der Waals surface area contributed by atoms with Crippen LogP contribution in [0, 0.1) is 17.0 Å². The molecule has 0 amide bonds. The zero-order valence-corrected chi connectivity index (χ0v) is 22.8. The van der Waals surface area contributed by atoms with E-state index in [0.717, 1.165) is 11.4 Å². The number of likely N-dealkylation sites (N-methyl/N-ethyl adjacent to an activating group) is 1. The number of aliphatic carboxylic acids is 1. The van der Waals surface area contributed by atoms with Crippen molar-refractivity contribution in [2.24, 2.45) is 16.5 Å². The number of rotatable bonds is 13. The highest BCUT2D eigenvalue weighted by atomic mass is 19.1. The molecule has 0 saturated heterocycles. The van der Waals surface area contributed by atoms with Gasteiger partial charge in [-0.3, -0.25) is 15.2 Å². The predicted octanol–water partition coefficient (Wildman–Crippen LogP) is 3.26. The van der Waals surface area contributed by atoms with Crippen molar-refractivity contribution in [1.82, 2.24) is 9.88 Å². The lowest BCUT2D eigenvalue weighted by atomic mass is 10.2. The molecule has 0 aliphatic carbocycles. The maximum atomic E-state index is 16.0. The zero-order chi connectivity index (χ0) is 30.4. The van der Waals surface area contributed by atoms with E-state index >= 15 is 8.78 Å². The number of carboxylic acids is 1. The van der Waals surface area contributed by atoms with Crippen molar-refractivity contribution in [3.8, 4) is 29.0 Å². The number of carbonyl (C=O) groups is 1. The molecule has 4 rings (SSSR count). The highest BCUT2D eigenvalue weighted by Gasteiger charge is 2.29. The summed E-state index contributed by atoms with van der Waals surface area (Å²) in [4.78, 5) is 23.0. The van der Waals surface area contributed by atoms with Crippen molar-refractivity contribution in [1.29, 1.82) is 5.41 Å². The lowest BCUT2D eigenvalue weighted by Gasteiger charge is -2.25. The molecule has 0 atom stereocenters. The first kappa shape index (κ1) is 30.0. The Morgan fingerprint density at radius 3 is 2.52 bits per heavy atom. The first-order valence-corrected chi connectivity index (χ1v) is 13.0. The minimum absolute atomic E-state index is 0.0487. The van der Waals surface area contributed by atoms with Crippen LogP contribution in [-0.4, -0.2) is 77.5 Å². The number of unbranched alkanes of at least 4 members (excludes halogenated alkanes) is 1. The van der Waals surface area contributed by atoms with Gasteiger partial charge in [0.1, 0.15) is 29.7 Å². The number of pyridine rings is 1. The topological polar surface area (TPSA) is 184 Å². The van der Waals surface area contributed by atoms with Crippen LogP contribution in [0.5, 0.6) is 29.0 Å². The standard InChI is InChI=1S/C28H31F2N7O5/c1-36-12-10-34-26(36)17-5-4-6-18(13-17)41-27-22(29)24(37(15-21(39)40)11-3-2-9-31)23(30)28(35-27)42-20-14-16(25(32)33)7-8-19(20)38/h4-8,13-14,38H,2-3,9-12,15,31H2,1H3,(H3,32,33)(H,39,40). The Bertz CT molecular complexity index is 1520. The molecule has 3 aromatic rings. The molecule has 0 bridgehead atoms. The van der Waals surface area contributed by atoms with E-state index in [2.05, 4.69) is 9.98 Å². The fraction of sp³-hybridized carbons (Fsp3) is 0.286. The van der Waals surface area contributed by atoms with E-state index in [1.165, 1.54) is 18.2 Å². The van der Waals surface area contributed by atoms with Crippen LogP contribution in [0.15, 0.2) is 47.5 Å². The Morgan fingerprint density at radius 2 is 1.88 bits per heavy atom. The number of carboxylic acid groups (broad SMARTS) is 1. The van der Waals surface area contributed by atoms with Gasteiger partial charge in [-0.1, -0.05) is 12.1 Å². The number of aromatic nitrogens is 1. The largest absolute Gasteiger partial charge is 0.504 e. The van der Waals surface area contributed by atoms with E-state index in [1.807, 2.05) is 11.9 Å². The molecule has 0 spiro atoms.